The molecule has 0 unspecified atom stereocenters. The number of anilines is 1. The second-order valence-corrected chi connectivity index (χ2v) is 3.76. The van der Waals surface area contributed by atoms with Crippen LogP contribution in [-0.2, 0) is 9.53 Å². The van der Waals surface area contributed by atoms with Gasteiger partial charge in [-0.1, -0.05) is 12.1 Å². The van der Waals surface area contributed by atoms with Crippen LogP contribution in [0.1, 0.15) is 25.5 Å². The average Bonchev–Trinajstić information content (AvgIpc) is 2.39. The van der Waals surface area contributed by atoms with Crippen molar-refractivity contribution >= 4 is 24.1 Å². The minimum atomic E-state index is -0.703. The monoisotopic (exact) mass is 272 g/mol. The van der Waals surface area contributed by atoms with Gasteiger partial charge in [-0.15, -0.1) is 12.4 Å². The Morgan fingerprint density at radius 2 is 1.78 bits per heavy atom. The maximum atomic E-state index is 11.3. The van der Waals surface area contributed by atoms with E-state index >= 15 is 0 Å². The summed E-state index contributed by atoms with van der Waals surface area (Å²) in [5, 5.41) is 0. The quantitative estimate of drug-likeness (QED) is 0.835. The van der Waals surface area contributed by atoms with Gasteiger partial charge in [0.15, 0.2) is 0 Å². The van der Waals surface area contributed by atoms with Gasteiger partial charge in [0.2, 0.25) is 0 Å². The number of esters is 1. The van der Waals surface area contributed by atoms with Crippen LogP contribution in [0.3, 0.4) is 0 Å². The van der Waals surface area contributed by atoms with Gasteiger partial charge in [-0.2, -0.15) is 0 Å². The molecule has 1 atom stereocenters. The SMILES string of the molecule is CCN(CC)c1ccc([C@@H](N)C(=O)OC)cc1.Cl. The third-order valence-electron chi connectivity index (χ3n) is 2.84. The van der Waals surface area contributed by atoms with E-state index in [0.29, 0.717) is 0 Å². The minimum Gasteiger partial charge on any atom is -0.468 e. The molecule has 0 saturated carbocycles. The summed E-state index contributed by atoms with van der Waals surface area (Å²) >= 11 is 0. The summed E-state index contributed by atoms with van der Waals surface area (Å²) in [6.07, 6.45) is 0. The van der Waals surface area contributed by atoms with Crippen molar-refractivity contribution in [2.75, 3.05) is 25.1 Å². The van der Waals surface area contributed by atoms with Crippen LogP contribution >= 0.6 is 12.4 Å². The Balaban J connectivity index is 0.00000289. The zero-order valence-electron chi connectivity index (χ0n) is 11.1. The van der Waals surface area contributed by atoms with Crippen molar-refractivity contribution < 1.29 is 9.53 Å². The highest BCUT2D eigenvalue weighted by atomic mass is 35.5. The van der Waals surface area contributed by atoms with Crippen molar-refractivity contribution in [3.8, 4) is 0 Å². The van der Waals surface area contributed by atoms with E-state index < -0.39 is 12.0 Å². The lowest BCUT2D eigenvalue weighted by Crippen LogP contribution is -2.24. The molecule has 1 aromatic rings. The summed E-state index contributed by atoms with van der Waals surface area (Å²) in [7, 11) is 1.34. The normalized spacial score (nSPS) is 11.3. The van der Waals surface area contributed by atoms with E-state index in [2.05, 4.69) is 23.5 Å². The molecule has 1 rings (SSSR count). The molecule has 0 spiro atoms. The molecular formula is C13H21ClN2O2. The highest BCUT2D eigenvalue weighted by Crippen LogP contribution is 2.18. The predicted octanol–water partition coefficient (Wildman–Crippen LogP) is 2.13. The third kappa shape index (κ3) is 3.89. The Morgan fingerprint density at radius 1 is 1.28 bits per heavy atom. The number of carbonyl (C=O) groups excluding carboxylic acids is 1. The molecule has 0 radical (unpaired) electrons. The summed E-state index contributed by atoms with van der Waals surface area (Å²) in [4.78, 5) is 13.5. The van der Waals surface area contributed by atoms with Gasteiger partial charge in [0, 0.05) is 18.8 Å². The van der Waals surface area contributed by atoms with E-state index in [4.69, 9.17) is 5.73 Å². The Hall–Kier alpha value is -1.26. The van der Waals surface area contributed by atoms with Crippen molar-refractivity contribution in [3.05, 3.63) is 29.8 Å². The van der Waals surface area contributed by atoms with Gasteiger partial charge >= 0.3 is 5.97 Å². The van der Waals surface area contributed by atoms with E-state index in [1.54, 1.807) is 0 Å². The first-order valence-corrected chi connectivity index (χ1v) is 5.82. The van der Waals surface area contributed by atoms with Crippen LogP contribution in [0.4, 0.5) is 5.69 Å². The van der Waals surface area contributed by atoms with Gasteiger partial charge in [-0.05, 0) is 31.5 Å². The van der Waals surface area contributed by atoms with Crippen LogP contribution < -0.4 is 10.6 Å². The minimum absolute atomic E-state index is 0. The molecule has 0 bridgehead atoms. The van der Waals surface area contributed by atoms with E-state index in [-0.39, 0.29) is 12.4 Å². The van der Waals surface area contributed by atoms with E-state index in [1.807, 2.05) is 24.3 Å². The van der Waals surface area contributed by atoms with Crippen LogP contribution in [0.2, 0.25) is 0 Å². The number of ether oxygens (including phenoxy) is 1. The molecular weight excluding hydrogens is 252 g/mol. The maximum absolute atomic E-state index is 11.3. The number of hydrogen-bond acceptors (Lipinski definition) is 4. The van der Waals surface area contributed by atoms with Gasteiger partial charge in [0.25, 0.3) is 0 Å². The topological polar surface area (TPSA) is 55.6 Å². The number of nitrogens with zero attached hydrogens (tertiary/aromatic N) is 1. The fraction of sp³-hybridized carbons (Fsp3) is 0.462. The summed E-state index contributed by atoms with van der Waals surface area (Å²) in [6, 6.07) is 6.99. The van der Waals surface area contributed by atoms with Gasteiger partial charge < -0.3 is 15.4 Å². The molecule has 0 fully saturated rings. The summed E-state index contributed by atoms with van der Waals surface area (Å²) in [6.45, 7) is 6.13. The van der Waals surface area contributed by atoms with Crippen molar-refractivity contribution in [1.82, 2.24) is 0 Å². The van der Waals surface area contributed by atoms with Crippen LogP contribution in [0, 0.1) is 0 Å². The first-order chi connectivity index (χ1) is 8.13. The summed E-state index contributed by atoms with van der Waals surface area (Å²) in [5.74, 6) is -0.416. The average molecular weight is 273 g/mol. The lowest BCUT2D eigenvalue weighted by Gasteiger charge is -2.21. The molecule has 4 nitrogen and oxygen atoms in total. The van der Waals surface area contributed by atoms with E-state index in [0.717, 1.165) is 24.3 Å². The van der Waals surface area contributed by atoms with Crippen molar-refractivity contribution in [1.29, 1.82) is 0 Å². The molecule has 18 heavy (non-hydrogen) atoms. The van der Waals surface area contributed by atoms with Crippen LogP contribution in [0.25, 0.3) is 0 Å². The highest BCUT2D eigenvalue weighted by molar-refractivity contribution is 5.85. The molecule has 0 aliphatic heterocycles. The smallest absolute Gasteiger partial charge is 0.327 e. The fourth-order valence-corrected chi connectivity index (χ4v) is 1.74. The van der Waals surface area contributed by atoms with Crippen molar-refractivity contribution in [2.24, 2.45) is 5.73 Å². The second kappa shape index (κ2) is 7.95. The Bertz CT molecular complexity index is 364. The molecule has 0 amide bonds. The van der Waals surface area contributed by atoms with Gasteiger partial charge in [-0.3, -0.25) is 4.79 Å². The Kier molecular flexibility index (Phi) is 7.39. The second-order valence-electron chi connectivity index (χ2n) is 3.76. The maximum Gasteiger partial charge on any atom is 0.327 e. The number of methoxy groups -OCH3 is 1. The van der Waals surface area contributed by atoms with Crippen molar-refractivity contribution in [3.63, 3.8) is 0 Å². The third-order valence-corrected chi connectivity index (χ3v) is 2.84. The lowest BCUT2D eigenvalue weighted by atomic mass is 10.1. The lowest BCUT2D eigenvalue weighted by molar-refractivity contribution is -0.142. The standard InChI is InChI=1S/C13H20N2O2.ClH/c1-4-15(5-2)11-8-6-10(7-9-11)12(14)13(16)17-3;/h6-9,12H,4-5,14H2,1-3H3;1H/t12-;/m1./s1. The fourth-order valence-electron chi connectivity index (χ4n) is 1.74. The number of hydrogen-bond donors (Lipinski definition) is 1. The zero-order valence-corrected chi connectivity index (χ0v) is 11.9. The first-order valence-electron chi connectivity index (χ1n) is 5.82. The summed E-state index contributed by atoms with van der Waals surface area (Å²) < 4.78 is 4.61. The highest BCUT2D eigenvalue weighted by Gasteiger charge is 2.15. The number of halogens is 1. The molecule has 1 aromatic carbocycles. The molecule has 0 aromatic heterocycles. The molecule has 102 valence electrons. The Morgan fingerprint density at radius 3 is 2.17 bits per heavy atom. The Labute approximate surface area is 115 Å². The largest absolute Gasteiger partial charge is 0.468 e. The molecule has 0 aliphatic rings. The van der Waals surface area contributed by atoms with Crippen LogP contribution in [-0.4, -0.2) is 26.2 Å². The van der Waals surface area contributed by atoms with Gasteiger partial charge in [0.1, 0.15) is 6.04 Å². The number of benzene rings is 1. The van der Waals surface area contributed by atoms with E-state index in [9.17, 15) is 4.79 Å². The predicted molar refractivity (Wildman–Crippen MR) is 76.2 cm³/mol. The zero-order chi connectivity index (χ0) is 12.8. The number of nitrogens with two attached hydrogens (primary N) is 1. The number of carbonyl (C=O) groups is 1. The molecule has 0 saturated heterocycles. The van der Waals surface area contributed by atoms with Gasteiger partial charge in [-0.25, -0.2) is 0 Å². The molecule has 0 heterocycles. The summed E-state index contributed by atoms with van der Waals surface area (Å²) in [5.41, 5.74) is 7.66. The van der Waals surface area contributed by atoms with E-state index in [1.165, 1.54) is 7.11 Å². The van der Waals surface area contributed by atoms with Gasteiger partial charge in [0.05, 0.1) is 7.11 Å². The van der Waals surface area contributed by atoms with Crippen LogP contribution in [0.15, 0.2) is 24.3 Å². The molecule has 5 heteroatoms. The molecule has 2 N–H and O–H groups in total. The van der Waals surface area contributed by atoms with Crippen molar-refractivity contribution in [2.45, 2.75) is 19.9 Å². The first kappa shape index (κ1) is 16.7. The number of rotatable bonds is 5. The molecule has 0 aliphatic carbocycles. The van der Waals surface area contributed by atoms with Crippen LogP contribution in [0.5, 0.6) is 0 Å².